The Kier molecular flexibility index (Phi) is 4.76. The van der Waals surface area contributed by atoms with E-state index in [1.54, 1.807) is 6.08 Å². The van der Waals surface area contributed by atoms with Crippen LogP contribution >= 0.6 is 0 Å². The van der Waals surface area contributed by atoms with Crippen LogP contribution in [0, 0.1) is 0 Å². The molecule has 0 fully saturated rings. The average molecular weight is 232 g/mol. The number of amides is 1. The van der Waals surface area contributed by atoms with E-state index in [1.807, 2.05) is 38.1 Å². The normalized spacial score (nSPS) is 13.8. The van der Waals surface area contributed by atoms with Crippen molar-refractivity contribution in [2.45, 2.75) is 32.2 Å². The van der Waals surface area contributed by atoms with Gasteiger partial charge in [-0.2, -0.15) is 0 Å². The molecule has 3 nitrogen and oxygen atoms in total. The summed E-state index contributed by atoms with van der Waals surface area (Å²) >= 11 is 0. The van der Waals surface area contributed by atoms with Crippen molar-refractivity contribution in [3.05, 3.63) is 42.5 Å². The first-order valence-corrected chi connectivity index (χ1v) is 5.81. The van der Waals surface area contributed by atoms with E-state index in [4.69, 9.17) is 5.73 Å². The van der Waals surface area contributed by atoms with Gasteiger partial charge in [0.15, 0.2) is 0 Å². The molecule has 1 aromatic rings. The first-order valence-electron chi connectivity index (χ1n) is 5.81. The van der Waals surface area contributed by atoms with Crippen LogP contribution in [0.4, 0.5) is 5.69 Å². The summed E-state index contributed by atoms with van der Waals surface area (Å²) in [5.41, 5.74) is 7.32. The lowest BCUT2D eigenvalue weighted by molar-refractivity contribution is -0.122. The quantitative estimate of drug-likeness (QED) is 0.605. The minimum absolute atomic E-state index is 0.0185. The predicted molar refractivity (Wildman–Crippen MR) is 71.7 cm³/mol. The van der Waals surface area contributed by atoms with E-state index in [0.29, 0.717) is 5.69 Å². The number of benzene rings is 1. The van der Waals surface area contributed by atoms with Gasteiger partial charge in [-0.15, -0.1) is 6.58 Å². The Labute approximate surface area is 103 Å². The second kappa shape index (κ2) is 6.09. The zero-order valence-electron chi connectivity index (χ0n) is 10.4. The monoisotopic (exact) mass is 232 g/mol. The summed E-state index contributed by atoms with van der Waals surface area (Å²) in [4.78, 5) is 12.0. The summed E-state index contributed by atoms with van der Waals surface area (Å²) in [6.45, 7) is 7.50. The Hall–Kier alpha value is -1.77. The van der Waals surface area contributed by atoms with Crippen molar-refractivity contribution < 1.29 is 4.79 Å². The van der Waals surface area contributed by atoms with E-state index < -0.39 is 0 Å². The van der Waals surface area contributed by atoms with Gasteiger partial charge in [0.05, 0.1) is 5.92 Å². The summed E-state index contributed by atoms with van der Waals surface area (Å²) in [7, 11) is 0. The number of rotatable bonds is 5. The Balaban J connectivity index is 2.66. The van der Waals surface area contributed by atoms with Gasteiger partial charge in [0, 0.05) is 11.7 Å². The van der Waals surface area contributed by atoms with Crippen molar-refractivity contribution >= 4 is 11.6 Å². The third kappa shape index (κ3) is 3.94. The maximum Gasteiger partial charge on any atom is 0.227 e. The van der Waals surface area contributed by atoms with E-state index in [0.717, 1.165) is 12.0 Å². The molecular formula is C14H20N2O. The van der Waals surface area contributed by atoms with E-state index in [-0.39, 0.29) is 17.9 Å². The lowest BCUT2D eigenvalue weighted by Crippen LogP contribution is -2.35. The fourth-order valence-electron chi connectivity index (χ4n) is 1.66. The Morgan fingerprint density at radius 2 is 2.24 bits per heavy atom. The third-order valence-corrected chi connectivity index (χ3v) is 2.71. The van der Waals surface area contributed by atoms with Crippen LogP contribution in [0.25, 0.3) is 0 Å². The SMILES string of the molecule is C=CCC(C)NC(=O)C(C)c1cccc(N)c1. The molecule has 0 aliphatic rings. The largest absolute Gasteiger partial charge is 0.399 e. The van der Waals surface area contributed by atoms with Gasteiger partial charge in [-0.1, -0.05) is 18.2 Å². The number of carbonyl (C=O) groups is 1. The minimum Gasteiger partial charge on any atom is -0.399 e. The molecule has 0 aliphatic heterocycles. The molecule has 17 heavy (non-hydrogen) atoms. The molecule has 0 heterocycles. The first-order chi connectivity index (χ1) is 8.04. The zero-order valence-corrected chi connectivity index (χ0v) is 10.4. The highest BCUT2D eigenvalue weighted by Crippen LogP contribution is 2.18. The van der Waals surface area contributed by atoms with Crippen molar-refractivity contribution in [2.24, 2.45) is 0 Å². The summed E-state index contributed by atoms with van der Waals surface area (Å²) in [6.07, 6.45) is 2.57. The maximum atomic E-state index is 12.0. The number of nitrogen functional groups attached to an aromatic ring is 1. The van der Waals surface area contributed by atoms with Gasteiger partial charge in [-0.3, -0.25) is 4.79 Å². The summed E-state index contributed by atoms with van der Waals surface area (Å²) in [5.74, 6) is -0.171. The highest BCUT2D eigenvalue weighted by molar-refractivity contribution is 5.83. The molecule has 0 aliphatic carbocycles. The molecule has 0 saturated heterocycles. The van der Waals surface area contributed by atoms with Crippen molar-refractivity contribution in [1.82, 2.24) is 5.32 Å². The zero-order chi connectivity index (χ0) is 12.8. The molecule has 0 radical (unpaired) electrons. The van der Waals surface area contributed by atoms with E-state index >= 15 is 0 Å². The van der Waals surface area contributed by atoms with Crippen molar-refractivity contribution in [1.29, 1.82) is 0 Å². The molecule has 0 aromatic heterocycles. The van der Waals surface area contributed by atoms with Gasteiger partial charge >= 0.3 is 0 Å². The molecular weight excluding hydrogens is 212 g/mol. The number of hydrogen-bond donors (Lipinski definition) is 2. The van der Waals surface area contributed by atoms with E-state index in [2.05, 4.69) is 11.9 Å². The third-order valence-electron chi connectivity index (χ3n) is 2.71. The van der Waals surface area contributed by atoms with Gasteiger partial charge < -0.3 is 11.1 Å². The molecule has 0 bridgehead atoms. The number of nitrogens with one attached hydrogen (secondary N) is 1. The van der Waals surface area contributed by atoms with Gasteiger partial charge in [-0.05, 0) is 38.0 Å². The lowest BCUT2D eigenvalue weighted by atomic mass is 9.99. The Morgan fingerprint density at radius 1 is 1.53 bits per heavy atom. The van der Waals surface area contributed by atoms with Crippen LogP contribution < -0.4 is 11.1 Å². The lowest BCUT2D eigenvalue weighted by Gasteiger charge is -2.17. The fourth-order valence-corrected chi connectivity index (χ4v) is 1.66. The highest BCUT2D eigenvalue weighted by Gasteiger charge is 2.16. The van der Waals surface area contributed by atoms with Crippen LogP contribution in [-0.4, -0.2) is 11.9 Å². The second-order valence-electron chi connectivity index (χ2n) is 4.33. The standard InChI is InChI=1S/C14H20N2O/c1-4-6-10(2)16-14(17)11(3)12-7-5-8-13(15)9-12/h4-5,7-11H,1,6,15H2,2-3H3,(H,16,17). The molecule has 2 atom stereocenters. The van der Waals surface area contributed by atoms with Gasteiger partial charge in [0.1, 0.15) is 0 Å². The average Bonchev–Trinajstić information content (AvgIpc) is 2.28. The fraction of sp³-hybridized carbons (Fsp3) is 0.357. The Morgan fingerprint density at radius 3 is 2.82 bits per heavy atom. The van der Waals surface area contributed by atoms with Crippen LogP contribution in [0.2, 0.25) is 0 Å². The summed E-state index contributed by atoms with van der Waals surface area (Å²) in [6, 6.07) is 7.54. The van der Waals surface area contributed by atoms with Crippen LogP contribution in [0.5, 0.6) is 0 Å². The number of anilines is 1. The van der Waals surface area contributed by atoms with Gasteiger partial charge in [0.25, 0.3) is 0 Å². The summed E-state index contributed by atoms with van der Waals surface area (Å²) in [5, 5.41) is 2.95. The van der Waals surface area contributed by atoms with Gasteiger partial charge in [-0.25, -0.2) is 0 Å². The van der Waals surface area contributed by atoms with Crippen molar-refractivity contribution in [2.75, 3.05) is 5.73 Å². The number of nitrogens with two attached hydrogens (primary N) is 1. The van der Waals surface area contributed by atoms with Crippen molar-refractivity contribution in [3.63, 3.8) is 0 Å². The predicted octanol–water partition coefficient (Wildman–Crippen LogP) is 2.45. The van der Waals surface area contributed by atoms with Crippen LogP contribution in [-0.2, 0) is 4.79 Å². The van der Waals surface area contributed by atoms with Crippen LogP contribution in [0.3, 0.4) is 0 Å². The molecule has 1 rings (SSSR count). The summed E-state index contributed by atoms with van der Waals surface area (Å²) < 4.78 is 0. The molecule has 3 heteroatoms. The molecule has 1 amide bonds. The molecule has 92 valence electrons. The topological polar surface area (TPSA) is 55.1 Å². The number of hydrogen-bond acceptors (Lipinski definition) is 2. The van der Waals surface area contributed by atoms with E-state index in [1.165, 1.54) is 0 Å². The molecule has 0 spiro atoms. The highest BCUT2D eigenvalue weighted by atomic mass is 16.1. The smallest absolute Gasteiger partial charge is 0.227 e. The first kappa shape index (κ1) is 13.3. The molecule has 1 aromatic carbocycles. The molecule has 3 N–H and O–H groups in total. The number of carbonyl (C=O) groups excluding carboxylic acids is 1. The Bertz CT molecular complexity index is 401. The van der Waals surface area contributed by atoms with Crippen LogP contribution in [0.15, 0.2) is 36.9 Å². The molecule has 0 saturated carbocycles. The van der Waals surface area contributed by atoms with E-state index in [9.17, 15) is 4.79 Å². The minimum atomic E-state index is -0.189. The van der Waals surface area contributed by atoms with Crippen molar-refractivity contribution in [3.8, 4) is 0 Å². The van der Waals surface area contributed by atoms with Gasteiger partial charge in [0.2, 0.25) is 5.91 Å². The maximum absolute atomic E-state index is 12.0. The second-order valence-corrected chi connectivity index (χ2v) is 4.33. The molecule has 2 unspecified atom stereocenters. The van der Waals surface area contributed by atoms with Crippen LogP contribution in [0.1, 0.15) is 31.7 Å².